The molecule has 2 fully saturated rings. The first-order valence-electron chi connectivity index (χ1n) is 5.54. The van der Waals surface area contributed by atoms with Crippen LogP contribution in [0.3, 0.4) is 0 Å². The van der Waals surface area contributed by atoms with E-state index >= 15 is 0 Å². The van der Waals surface area contributed by atoms with Gasteiger partial charge in [0.1, 0.15) is 0 Å². The highest BCUT2D eigenvalue weighted by Gasteiger charge is 2.45. The molecule has 0 radical (unpaired) electrons. The van der Waals surface area contributed by atoms with E-state index in [1.165, 1.54) is 44.3 Å². The van der Waals surface area contributed by atoms with Gasteiger partial charge in [-0.15, -0.1) is 0 Å². The van der Waals surface area contributed by atoms with Crippen LogP contribution in [-0.4, -0.2) is 23.5 Å². The minimum absolute atomic E-state index is 0.533. The highest BCUT2D eigenvalue weighted by Crippen LogP contribution is 2.44. The normalized spacial score (nSPS) is 34.5. The number of hydrogen-bond donors (Lipinski definition) is 0. The maximum atomic E-state index is 4.15. The molecule has 2 aliphatic rings. The van der Waals surface area contributed by atoms with Crippen LogP contribution in [0.15, 0.2) is 12.2 Å². The van der Waals surface area contributed by atoms with Crippen molar-refractivity contribution in [2.24, 2.45) is 5.92 Å². The fourth-order valence-electron chi connectivity index (χ4n) is 3.30. The van der Waals surface area contributed by atoms with Gasteiger partial charge in [0.25, 0.3) is 0 Å². The molecule has 0 N–H and O–H groups in total. The van der Waals surface area contributed by atoms with Gasteiger partial charge >= 0.3 is 0 Å². The smallest absolute Gasteiger partial charge is 0.0253 e. The van der Waals surface area contributed by atoms with E-state index in [2.05, 4.69) is 25.3 Å². The average molecular weight is 179 g/mol. The quantitative estimate of drug-likeness (QED) is 0.589. The number of rotatable bonds is 2. The van der Waals surface area contributed by atoms with E-state index in [-0.39, 0.29) is 0 Å². The lowest BCUT2D eigenvalue weighted by Crippen LogP contribution is -2.39. The Kier molecular flexibility index (Phi) is 2.23. The van der Waals surface area contributed by atoms with E-state index < -0.39 is 0 Å². The molecule has 0 aromatic heterocycles. The third kappa shape index (κ3) is 1.54. The maximum Gasteiger partial charge on any atom is 0.0253 e. The SMILES string of the molecule is C=C1CN2CCCC2(CC(C)C)C1. The molecule has 1 nitrogen and oxygen atoms in total. The van der Waals surface area contributed by atoms with Crippen molar-refractivity contribution in [3.63, 3.8) is 0 Å². The summed E-state index contributed by atoms with van der Waals surface area (Å²) in [5.74, 6) is 0.825. The van der Waals surface area contributed by atoms with E-state index in [0.717, 1.165) is 5.92 Å². The van der Waals surface area contributed by atoms with E-state index in [4.69, 9.17) is 0 Å². The molecule has 1 unspecified atom stereocenters. The number of nitrogens with zero attached hydrogens (tertiary/aromatic N) is 1. The second kappa shape index (κ2) is 3.13. The van der Waals surface area contributed by atoms with Crippen molar-refractivity contribution in [2.45, 2.75) is 45.1 Å². The summed E-state index contributed by atoms with van der Waals surface area (Å²) in [6, 6.07) is 0. The van der Waals surface area contributed by atoms with E-state index in [0.29, 0.717) is 5.54 Å². The van der Waals surface area contributed by atoms with Gasteiger partial charge in [-0.05, 0) is 38.1 Å². The summed E-state index contributed by atoms with van der Waals surface area (Å²) in [5, 5.41) is 0. The van der Waals surface area contributed by atoms with Crippen LogP contribution in [0.25, 0.3) is 0 Å². The van der Waals surface area contributed by atoms with Crippen molar-refractivity contribution < 1.29 is 0 Å². The molecule has 2 saturated heterocycles. The van der Waals surface area contributed by atoms with Gasteiger partial charge < -0.3 is 0 Å². The summed E-state index contributed by atoms with van der Waals surface area (Å²) in [6.45, 7) is 11.3. The Morgan fingerprint density at radius 1 is 1.54 bits per heavy atom. The van der Waals surface area contributed by atoms with Crippen LogP contribution in [0.2, 0.25) is 0 Å². The lowest BCUT2D eigenvalue weighted by molar-refractivity contribution is 0.163. The minimum atomic E-state index is 0.533. The molecule has 0 bridgehead atoms. The van der Waals surface area contributed by atoms with Gasteiger partial charge in [-0.3, -0.25) is 4.90 Å². The van der Waals surface area contributed by atoms with E-state index in [1.54, 1.807) is 0 Å². The summed E-state index contributed by atoms with van der Waals surface area (Å²) >= 11 is 0. The van der Waals surface area contributed by atoms with Gasteiger partial charge in [0.2, 0.25) is 0 Å². The first-order valence-corrected chi connectivity index (χ1v) is 5.54. The third-order valence-electron chi connectivity index (χ3n) is 3.52. The van der Waals surface area contributed by atoms with Crippen molar-refractivity contribution in [3.05, 3.63) is 12.2 Å². The predicted molar refractivity (Wildman–Crippen MR) is 56.8 cm³/mol. The van der Waals surface area contributed by atoms with Gasteiger partial charge in [0.05, 0.1) is 0 Å². The molecule has 1 atom stereocenters. The van der Waals surface area contributed by atoms with Gasteiger partial charge in [-0.2, -0.15) is 0 Å². The number of fused-ring (bicyclic) bond motifs is 1. The van der Waals surface area contributed by atoms with Crippen LogP contribution in [0.4, 0.5) is 0 Å². The molecule has 0 saturated carbocycles. The molecular formula is C12H21N. The largest absolute Gasteiger partial charge is 0.293 e. The van der Waals surface area contributed by atoms with Gasteiger partial charge in [0.15, 0.2) is 0 Å². The van der Waals surface area contributed by atoms with Crippen LogP contribution < -0.4 is 0 Å². The Balaban J connectivity index is 2.13. The predicted octanol–water partition coefficient (Wildman–Crippen LogP) is 2.83. The lowest BCUT2D eigenvalue weighted by atomic mass is 9.84. The Bertz CT molecular complexity index is 219. The molecule has 2 aliphatic heterocycles. The van der Waals surface area contributed by atoms with Crippen molar-refractivity contribution in [1.29, 1.82) is 0 Å². The van der Waals surface area contributed by atoms with E-state index in [1.807, 2.05) is 0 Å². The van der Waals surface area contributed by atoms with Crippen LogP contribution in [0.5, 0.6) is 0 Å². The molecule has 0 aromatic carbocycles. The van der Waals surface area contributed by atoms with Gasteiger partial charge in [-0.25, -0.2) is 0 Å². The van der Waals surface area contributed by atoms with Crippen molar-refractivity contribution >= 4 is 0 Å². The first-order chi connectivity index (χ1) is 6.12. The van der Waals surface area contributed by atoms with Gasteiger partial charge in [0, 0.05) is 12.1 Å². The summed E-state index contributed by atoms with van der Waals surface area (Å²) < 4.78 is 0. The molecule has 13 heavy (non-hydrogen) atoms. The molecule has 0 aromatic rings. The van der Waals surface area contributed by atoms with Crippen LogP contribution in [0, 0.1) is 5.92 Å². The molecule has 2 heterocycles. The molecule has 0 amide bonds. The van der Waals surface area contributed by atoms with E-state index in [9.17, 15) is 0 Å². The molecule has 2 rings (SSSR count). The third-order valence-corrected chi connectivity index (χ3v) is 3.52. The zero-order valence-electron chi connectivity index (χ0n) is 8.97. The molecule has 0 spiro atoms. The molecular weight excluding hydrogens is 158 g/mol. The minimum Gasteiger partial charge on any atom is -0.293 e. The van der Waals surface area contributed by atoms with Crippen molar-refractivity contribution in [3.8, 4) is 0 Å². The average Bonchev–Trinajstić information content (AvgIpc) is 2.40. The molecule has 74 valence electrons. The topological polar surface area (TPSA) is 3.24 Å². The zero-order valence-corrected chi connectivity index (χ0v) is 8.97. The van der Waals surface area contributed by atoms with Gasteiger partial charge in [-0.1, -0.05) is 26.0 Å². The van der Waals surface area contributed by atoms with Crippen LogP contribution >= 0.6 is 0 Å². The van der Waals surface area contributed by atoms with Crippen LogP contribution in [-0.2, 0) is 0 Å². The molecule has 0 aliphatic carbocycles. The Morgan fingerprint density at radius 3 is 3.00 bits per heavy atom. The van der Waals surface area contributed by atoms with Crippen molar-refractivity contribution in [2.75, 3.05) is 13.1 Å². The highest BCUT2D eigenvalue weighted by molar-refractivity contribution is 5.17. The Labute approximate surface area is 81.8 Å². The fourth-order valence-corrected chi connectivity index (χ4v) is 3.30. The Hall–Kier alpha value is -0.300. The van der Waals surface area contributed by atoms with Crippen molar-refractivity contribution in [1.82, 2.24) is 4.90 Å². The lowest BCUT2D eigenvalue weighted by Gasteiger charge is -2.33. The first kappa shape index (κ1) is 9.26. The second-order valence-electron chi connectivity index (χ2n) is 5.27. The zero-order chi connectivity index (χ0) is 9.47. The fraction of sp³-hybridized carbons (Fsp3) is 0.833. The summed E-state index contributed by atoms with van der Waals surface area (Å²) in [7, 11) is 0. The monoisotopic (exact) mass is 179 g/mol. The standard InChI is InChI=1S/C12H21N/c1-10(2)7-12-5-4-6-13(12)9-11(3)8-12/h10H,3-9H2,1-2H3. The maximum absolute atomic E-state index is 4.15. The molecule has 1 heteroatoms. The highest BCUT2D eigenvalue weighted by atomic mass is 15.2. The summed E-state index contributed by atoms with van der Waals surface area (Å²) in [6.07, 6.45) is 5.45. The summed E-state index contributed by atoms with van der Waals surface area (Å²) in [4.78, 5) is 2.68. The Morgan fingerprint density at radius 2 is 2.31 bits per heavy atom. The van der Waals surface area contributed by atoms with Crippen LogP contribution in [0.1, 0.15) is 39.5 Å². The summed E-state index contributed by atoms with van der Waals surface area (Å²) in [5.41, 5.74) is 1.99. The second-order valence-corrected chi connectivity index (χ2v) is 5.27. The number of hydrogen-bond acceptors (Lipinski definition) is 1.